The summed E-state index contributed by atoms with van der Waals surface area (Å²) in [6, 6.07) is 7.16. The first-order chi connectivity index (χ1) is 11.1. The minimum absolute atomic E-state index is 0.296. The maximum atomic E-state index is 11.0. The molecule has 2 N–H and O–H groups in total. The van der Waals surface area contributed by atoms with Gasteiger partial charge in [-0.05, 0) is 18.2 Å². The molecule has 3 rings (SSSR count). The smallest absolute Gasteiger partial charge is 0.407 e. The van der Waals surface area contributed by atoms with E-state index in [4.69, 9.17) is 21.4 Å². The highest BCUT2D eigenvalue weighted by atomic mass is 35.5. The summed E-state index contributed by atoms with van der Waals surface area (Å²) in [6.45, 7) is 1.08. The molecule has 0 aliphatic carbocycles. The second kappa shape index (κ2) is 6.80. The van der Waals surface area contributed by atoms with Crippen LogP contribution in [-0.2, 0) is 4.74 Å². The van der Waals surface area contributed by atoms with E-state index in [-0.39, 0.29) is 6.10 Å². The van der Waals surface area contributed by atoms with Gasteiger partial charge < -0.3 is 20.1 Å². The minimum Gasteiger partial charge on any atom is -0.465 e. The van der Waals surface area contributed by atoms with E-state index >= 15 is 0 Å². The topological polar surface area (TPSA) is 87.6 Å². The van der Waals surface area contributed by atoms with Crippen LogP contribution >= 0.6 is 11.6 Å². The number of carbonyl (C=O) groups is 1. The van der Waals surface area contributed by atoms with Crippen molar-refractivity contribution in [2.24, 2.45) is 0 Å². The summed E-state index contributed by atoms with van der Waals surface area (Å²) in [5, 5.41) is 12.7. The minimum atomic E-state index is -0.932. The number of nitrogens with one attached hydrogen (secondary N) is 1. The molecule has 1 fully saturated rings. The maximum Gasteiger partial charge on any atom is 0.407 e. The molecule has 1 aliphatic heterocycles. The van der Waals surface area contributed by atoms with Crippen molar-refractivity contribution in [3.63, 3.8) is 0 Å². The molecule has 0 spiro atoms. The van der Waals surface area contributed by atoms with Gasteiger partial charge in [0.15, 0.2) is 0 Å². The SMILES string of the molecule is O=C(O)N1CCOC(c2ccc(Nc3ccc(Cl)cn3)nc2)C1. The van der Waals surface area contributed by atoms with Crippen LogP contribution in [0.2, 0.25) is 5.02 Å². The lowest BCUT2D eigenvalue weighted by atomic mass is 10.1. The lowest BCUT2D eigenvalue weighted by Gasteiger charge is -2.31. The molecule has 2 aromatic heterocycles. The number of hydrogen-bond acceptors (Lipinski definition) is 5. The van der Waals surface area contributed by atoms with Crippen LogP contribution in [0.15, 0.2) is 36.7 Å². The van der Waals surface area contributed by atoms with E-state index in [0.717, 1.165) is 5.56 Å². The third-order valence-corrected chi connectivity index (χ3v) is 3.70. The first kappa shape index (κ1) is 15.5. The van der Waals surface area contributed by atoms with Crippen LogP contribution in [0.3, 0.4) is 0 Å². The number of rotatable bonds is 3. The van der Waals surface area contributed by atoms with E-state index in [1.807, 2.05) is 6.07 Å². The van der Waals surface area contributed by atoms with Gasteiger partial charge in [-0.2, -0.15) is 0 Å². The molecule has 120 valence electrons. The predicted molar refractivity (Wildman–Crippen MR) is 85.1 cm³/mol. The number of anilines is 2. The highest BCUT2D eigenvalue weighted by Crippen LogP contribution is 2.23. The molecule has 0 bridgehead atoms. The van der Waals surface area contributed by atoms with Gasteiger partial charge in [-0.25, -0.2) is 14.8 Å². The van der Waals surface area contributed by atoms with Crippen molar-refractivity contribution in [3.8, 4) is 0 Å². The van der Waals surface area contributed by atoms with Gasteiger partial charge in [-0.1, -0.05) is 17.7 Å². The van der Waals surface area contributed by atoms with Crippen LogP contribution in [0, 0.1) is 0 Å². The summed E-state index contributed by atoms with van der Waals surface area (Å²) in [5.74, 6) is 1.27. The van der Waals surface area contributed by atoms with Crippen LogP contribution in [0.5, 0.6) is 0 Å². The normalized spacial score (nSPS) is 17.8. The quantitative estimate of drug-likeness (QED) is 0.897. The molecule has 0 radical (unpaired) electrons. The number of hydrogen-bond donors (Lipinski definition) is 2. The highest BCUT2D eigenvalue weighted by Gasteiger charge is 2.25. The van der Waals surface area contributed by atoms with E-state index in [2.05, 4.69) is 15.3 Å². The number of carboxylic acid groups (broad SMARTS) is 1. The Morgan fingerprint density at radius 3 is 2.61 bits per heavy atom. The molecule has 7 nitrogen and oxygen atoms in total. The zero-order valence-electron chi connectivity index (χ0n) is 12.1. The van der Waals surface area contributed by atoms with Gasteiger partial charge in [-0.3, -0.25) is 0 Å². The summed E-state index contributed by atoms with van der Waals surface area (Å²) >= 11 is 5.79. The van der Waals surface area contributed by atoms with Gasteiger partial charge in [0, 0.05) is 24.5 Å². The van der Waals surface area contributed by atoms with Crippen molar-refractivity contribution >= 4 is 29.3 Å². The summed E-state index contributed by atoms with van der Waals surface area (Å²) in [6.07, 6.45) is 2.00. The van der Waals surface area contributed by atoms with Crippen molar-refractivity contribution in [3.05, 3.63) is 47.2 Å². The van der Waals surface area contributed by atoms with Crippen molar-refractivity contribution in [2.45, 2.75) is 6.10 Å². The van der Waals surface area contributed by atoms with Crippen molar-refractivity contribution in [1.29, 1.82) is 0 Å². The third kappa shape index (κ3) is 3.88. The first-order valence-corrected chi connectivity index (χ1v) is 7.43. The molecule has 1 amide bonds. The number of pyridine rings is 2. The zero-order chi connectivity index (χ0) is 16.2. The van der Waals surface area contributed by atoms with Crippen LogP contribution in [0.25, 0.3) is 0 Å². The number of aromatic nitrogens is 2. The van der Waals surface area contributed by atoms with E-state index in [1.54, 1.807) is 30.6 Å². The third-order valence-electron chi connectivity index (χ3n) is 3.48. The summed E-state index contributed by atoms with van der Waals surface area (Å²) in [5.41, 5.74) is 0.838. The Morgan fingerprint density at radius 2 is 2.00 bits per heavy atom. The Balaban J connectivity index is 1.67. The molecule has 0 aromatic carbocycles. The van der Waals surface area contributed by atoms with Crippen molar-refractivity contribution in [1.82, 2.24) is 14.9 Å². The number of halogens is 1. The summed E-state index contributed by atoms with van der Waals surface area (Å²) in [4.78, 5) is 20.8. The molecular weight excluding hydrogens is 320 g/mol. The molecule has 23 heavy (non-hydrogen) atoms. The highest BCUT2D eigenvalue weighted by molar-refractivity contribution is 6.30. The second-order valence-electron chi connectivity index (χ2n) is 5.05. The molecule has 1 saturated heterocycles. The average Bonchev–Trinajstić information content (AvgIpc) is 2.58. The maximum absolute atomic E-state index is 11.0. The van der Waals surface area contributed by atoms with Crippen molar-refractivity contribution in [2.75, 3.05) is 25.0 Å². The molecule has 2 aromatic rings. The summed E-state index contributed by atoms with van der Waals surface area (Å²) in [7, 11) is 0. The molecule has 0 saturated carbocycles. The van der Waals surface area contributed by atoms with Crippen LogP contribution in [0.1, 0.15) is 11.7 Å². The number of nitrogens with zero attached hydrogens (tertiary/aromatic N) is 3. The molecule has 8 heteroatoms. The van der Waals surface area contributed by atoms with E-state index < -0.39 is 6.09 Å². The van der Waals surface area contributed by atoms with Crippen LogP contribution in [0.4, 0.5) is 16.4 Å². The molecule has 3 heterocycles. The molecular formula is C15H15ClN4O3. The first-order valence-electron chi connectivity index (χ1n) is 7.06. The molecule has 1 aliphatic rings. The Bertz CT molecular complexity index is 678. The predicted octanol–water partition coefficient (Wildman–Crippen LogP) is 2.92. The Kier molecular flexibility index (Phi) is 4.59. The van der Waals surface area contributed by atoms with Gasteiger partial charge >= 0.3 is 6.09 Å². The Morgan fingerprint density at radius 1 is 1.26 bits per heavy atom. The lowest BCUT2D eigenvalue weighted by Crippen LogP contribution is -2.41. The van der Waals surface area contributed by atoms with E-state index in [9.17, 15) is 4.79 Å². The monoisotopic (exact) mass is 334 g/mol. The second-order valence-corrected chi connectivity index (χ2v) is 5.49. The van der Waals surface area contributed by atoms with E-state index in [1.165, 1.54) is 4.90 Å². The van der Waals surface area contributed by atoms with Gasteiger partial charge in [0.1, 0.15) is 17.7 Å². The number of morpholine rings is 1. The number of amides is 1. The largest absolute Gasteiger partial charge is 0.465 e. The molecule has 1 atom stereocenters. The van der Waals surface area contributed by atoms with Gasteiger partial charge in [0.2, 0.25) is 0 Å². The Hall–Kier alpha value is -2.38. The standard InChI is InChI=1S/C15H15ClN4O3/c16-11-2-4-14(18-8-11)19-13-3-1-10(7-17-13)12-9-20(15(21)22)5-6-23-12/h1-4,7-8,12H,5-6,9H2,(H,21,22)(H,17,18,19). The fourth-order valence-corrected chi connectivity index (χ4v) is 2.39. The fraction of sp³-hybridized carbons (Fsp3) is 0.267. The summed E-state index contributed by atoms with van der Waals surface area (Å²) < 4.78 is 5.62. The Labute approximate surface area is 137 Å². The number of ether oxygens (including phenoxy) is 1. The average molecular weight is 335 g/mol. The van der Waals surface area contributed by atoms with Crippen LogP contribution in [-0.4, -0.2) is 45.8 Å². The van der Waals surface area contributed by atoms with E-state index in [0.29, 0.717) is 36.4 Å². The fourth-order valence-electron chi connectivity index (χ4n) is 2.28. The van der Waals surface area contributed by atoms with Crippen molar-refractivity contribution < 1.29 is 14.6 Å². The van der Waals surface area contributed by atoms with Gasteiger partial charge in [-0.15, -0.1) is 0 Å². The van der Waals surface area contributed by atoms with Crippen LogP contribution < -0.4 is 5.32 Å². The van der Waals surface area contributed by atoms with Gasteiger partial charge in [0.05, 0.1) is 18.2 Å². The van der Waals surface area contributed by atoms with Gasteiger partial charge in [0.25, 0.3) is 0 Å². The zero-order valence-corrected chi connectivity index (χ0v) is 12.9. The molecule has 1 unspecified atom stereocenters. The lowest BCUT2D eigenvalue weighted by molar-refractivity contribution is -0.0233.